The van der Waals surface area contributed by atoms with Crippen molar-refractivity contribution in [1.29, 1.82) is 0 Å². The van der Waals surface area contributed by atoms with E-state index in [1.165, 1.54) is 12.0 Å². The molecular formula is C15H29N3O3. The van der Waals surface area contributed by atoms with Crippen LogP contribution < -0.4 is 5.32 Å². The van der Waals surface area contributed by atoms with E-state index in [-0.39, 0.29) is 0 Å². The van der Waals surface area contributed by atoms with Gasteiger partial charge in [0.2, 0.25) is 0 Å². The average molecular weight is 299 g/mol. The summed E-state index contributed by atoms with van der Waals surface area (Å²) >= 11 is 0. The van der Waals surface area contributed by atoms with Gasteiger partial charge in [-0.2, -0.15) is 5.10 Å². The van der Waals surface area contributed by atoms with E-state index in [2.05, 4.69) is 17.3 Å². The summed E-state index contributed by atoms with van der Waals surface area (Å²) in [5, 5.41) is 7.42. The van der Waals surface area contributed by atoms with E-state index in [1.54, 1.807) is 4.68 Å². The van der Waals surface area contributed by atoms with E-state index in [1.807, 2.05) is 19.4 Å². The van der Waals surface area contributed by atoms with Crippen molar-refractivity contribution in [3.05, 3.63) is 18.0 Å². The van der Waals surface area contributed by atoms with Gasteiger partial charge in [0, 0.05) is 38.5 Å². The summed E-state index contributed by atoms with van der Waals surface area (Å²) < 4.78 is 18.1. The Hall–Kier alpha value is -0.950. The number of hydrogen-bond acceptors (Lipinski definition) is 5. The number of nitrogens with zero attached hydrogens (tertiary/aromatic N) is 2. The second-order valence-electron chi connectivity index (χ2n) is 4.89. The standard InChI is InChI=1S/C15H29N3O3/c1-3-4-6-19-8-10-21-11-9-20-7-5-16-12-15-13-17-18(2)14-15/h13-14,16H,3-12H2,1-2H3. The maximum Gasteiger partial charge on any atom is 0.0701 e. The van der Waals surface area contributed by atoms with Crippen molar-refractivity contribution in [1.82, 2.24) is 15.1 Å². The third-order valence-electron chi connectivity index (χ3n) is 2.90. The topological polar surface area (TPSA) is 57.5 Å². The molecule has 0 unspecified atom stereocenters. The Morgan fingerprint density at radius 1 is 1.05 bits per heavy atom. The van der Waals surface area contributed by atoms with Gasteiger partial charge in [0.25, 0.3) is 0 Å². The van der Waals surface area contributed by atoms with Gasteiger partial charge in [0.1, 0.15) is 0 Å². The van der Waals surface area contributed by atoms with Crippen LogP contribution in [-0.2, 0) is 27.8 Å². The Morgan fingerprint density at radius 3 is 2.33 bits per heavy atom. The Kier molecular flexibility index (Phi) is 11.0. The maximum atomic E-state index is 5.47. The number of aromatic nitrogens is 2. The molecule has 1 N–H and O–H groups in total. The summed E-state index contributed by atoms with van der Waals surface area (Å²) in [6, 6.07) is 0. The van der Waals surface area contributed by atoms with Gasteiger partial charge in [-0.3, -0.25) is 4.68 Å². The lowest BCUT2D eigenvalue weighted by atomic mass is 10.3. The molecule has 0 aliphatic heterocycles. The summed E-state index contributed by atoms with van der Waals surface area (Å²) in [4.78, 5) is 0. The Bertz CT molecular complexity index is 345. The molecule has 0 aliphatic carbocycles. The van der Waals surface area contributed by atoms with Crippen LogP contribution >= 0.6 is 0 Å². The number of nitrogens with one attached hydrogen (secondary N) is 1. The first-order chi connectivity index (χ1) is 10.3. The van der Waals surface area contributed by atoms with E-state index >= 15 is 0 Å². The molecule has 1 rings (SSSR count). The maximum absolute atomic E-state index is 5.47. The predicted molar refractivity (Wildman–Crippen MR) is 82.3 cm³/mol. The molecule has 0 fully saturated rings. The zero-order valence-corrected chi connectivity index (χ0v) is 13.3. The normalized spacial score (nSPS) is 11.1. The van der Waals surface area contributed by atoms with Crippen LogP contribution in [0.3, 0.4) is 0 Å². The molecule has 0 amide bonds. The largest absolute Gasteiger partial charge is 0.379 e. The number of ether oxygens (including phenoxy) is 3. The first-order valence-corrected chi connectivity index (χ1v) is 7.74. The van der Waals surface area contributed by atoms with Gasteiger partial charge < -0.3 is 19.5 Å². The SMILES string of the molecule is CCCCOCCOCCOCCNCc1cnn(C)c1. The van der Waals surface area contributed by atoms with Gasteiger partial charge in [0.15, 0.2) is 0 Å². The van der Waals surface area contributed by atoms with Gasteiger partial charge in [0.05, 0.1) is 39.2 Å². The zero-order chi connectivity index (χ0) is 15.2. The number of unbranched alkanes of at least 4 members (excludes halogenated alkanes) is 1. The summed E-state index contributed by atoms with van der Waals surface area (Å²) in [5.74, 6) is 0. The lowest BCUT2D eigenvalue weighted by Gasteiger charge is -2.07. The first kappa shape index (κ1) is 18.1. The first-order valence-electron chi connectivity index (χ1n) is 7.74. The summed E-state index contributed by atoms with van der Waals surface area (Å²) in [7, 11) is 1.92. The van der Waals surface area contributed by atoms with Crippen LogP contribution in [0.15, 0.2) is 12.4 Å². The zero-order valence-electron chi connectivity index (χ0n) is 13.3. The second-order valence-corrected chi connectivity index (χ2v) is 4.89. The molecule has 6 nitrogen and oxygen atoms in total. The fourth-order valence-electron chi connectivity index (χ4n) is 1.73. The molecule has 0 atom stereocenters. The minimum atomic E-state index is 0.625. The van der Waals surface area contributed by atoms with Crippen LogP contribution in [0.1, 0.15) is 25.3 Å². The van der Waals surface area contributed by atoms with E-state index < -0.39 is 0 Å². The molecule has 0 aliphatic rings. The molecule has 1 heterocycles. The summed E-state index contributed by atoms with van der Waals surface area (Å²) in [6.07, 6.45) is 6.16. The smallest absolute Gasteiger partial charge is 0.0701 e. The second kappa shape index (κ2) is 12.8. The van der Waals surface area contributed by atoms with Gasteiger partial charge in [-0.1, -0.05) is 13.3 Å². The van der Waals surface area contributed by atoms with Gasteiger partial charge in [-0.25, -0.2) is 0 Å². The molecule has 6 heteroatoms. The van der Waals surface area contributed by atoms with Crippen molar-refractivity contribution in [2.45, 2.75) is 26.3 Å². The van der Waals surface area contributed by atoms with Gasteiger partial charge >= 0.3 is 0 Å². The molecular weight excluding hydrogens is 270 g/mol. The highest BCUT2D eigenvalue weighted by Gasteiger charge is 1.95. The van der Waals surface area contributed by atoms with Crippen molar-refractivity contribution >= 4 is 0 Å². The lowest BCUT2D eigenvalue weighted by molar-refractivity contribution is 0.0146. The minimum absolute atomic E-state index is 0.625. The van der Waals surface area contributed by atoms with Crippen LogP contribution in [-0.4, -0.2) is 56.0 Å². The van der Waals surface area contributed by atoms with Gasteiger partial charge in [-0.15, -0.1) is 0 Å². The van der Waals surface area contributed by atoms with Crippen LogP contribution in [0, 0.1) is 0 Å². The molecule has 0 spiro atoms. The molecule has 0 radical (unpaired) electrons. The third kappa shape index (κ3) is 10.4. The monoisotopic (exact) mass is 299 g/mol. The lowest BCUT2D eigenvalue weighted by Crippen LogP contribution is -2.20. The number of rotatable bonds is 14. The molecule has 0 saturated heterocycles. The van der Waals surface area contributed by atoms with Crippen molar-refractivity contribution in [3.8, 4) is 0 Å². The molecule has 0 aromatic carbocycles. The van der Waals surface area contributed by atoms with Crippen molar-refractivity contribution < 1.29 is 14.2 Å². The van der Waals surface area contributed by atoms with E-state index in [0.29, 0.717) is 33.0 Å². The highest BCUT2D eigenvalue weighted by atomic mass is 16.5. The molecule has 1 aromatic heterocycles. The Labute approximate surface area is 127 Å². The number of aryl methyl sites for hydroxylation is 1. The molecule has 0 bridgehead atoms. The quantitative estimate of drug-likeness (QED) is 0.526. The summed E-state index contributed by atoms with van der Waals surface area (Å²) in [5.41, 5.74) is 1.18. The molecule has 1 aromatic rings. The van der Waals surface area contributed by atoms with Crippen LogP contribution in [0.2, 0.25) is 0 Å². The average Bonchev–Trinajstić information content (AvgIpc) is 2.89. The fraction of sp³-hybridized carbons (Fsp3) is 0.800. The third-order valence-corrected chi connectivity index (χ3v) is 2.90. The Balaban J connectivity index is 1.74. The van der Waals surface area contributed by atoms with Gasteiger partial charge in [-0.05, 0) is 6.42 Å². The van der Waals surface area contributed by atoms with E-state index in [0.717, 1.165) is 26.1 Å². The molecule has 21 heavy (non-hydrogen) atoms. The van der Waals surface area contributed by atoms with Crippen molar-refractivity contribution in [3.63, 3.8) is 0 Å². The Morgan fingerprint density at radius 2 is 1.71 bits per heavy atom. The van der Waals surface area contributed by atoms with Crippen LogP contribution in [0.4, 0.5) is 0 Å². The molecule has 122 valence electrons. The fourth-order valence-corrected chi connectivity index (χ4v) is 1.73. The summed E-state index contributed by atoms with van der Waals surface area (Å²) in [6.45, 7) is 7.90. The minimum Gasteiger partial charge on any atom is -0.379 e. The van der Waals surface area contributed by atoms with Crippen LogP contribution in [0.25, 0.3) is 0 Å². The van der Waals surface area contributed by atoms with E-state index in [4.69, 9.17) is 14.2 Å². The molecule has 0 saturated carbocycles. The highest BCUT2D eigenvalue weighted by molar-refractivity contribution is 5.02. The van der Waals surface area contributed by atoms with Crippen molar-refractivity contribution in [2.24, 2.45) is 7.05 Å². The number of hydrogen-bond donors (Lipinski definition) is 1. The highest BCUT2D eigenvalue weighted by Crippen LogP contribution is 1.94. The van der Waals surface area contributed by atoms with Crippen LogP contribution in [0.5, 0.6) is 0 Å². The van der Waals surface area contributed by atoms with Crippen molar-refractivity contribution in [2.75, 3.05) is 46.2 Å². The predicted octanol–water partition coefficient (Wildman–Crippen LogP) is 1.36. The van der Waals surface area contributed by atoms with E-state index in [9.17, 15) is 0 Å².